The first-order chi connectivity index (χ1) is 11.4. The number of hydrogen-bond acceptors (Lipinski definition) is 2. The van der Waals surface area contributed by atoms with E-state index in [9.17, 15) is 0 Å². The molecule has 0 aliphatic heterocycles. The van der Waals surface area contributed by atoms with E-state index in [4.69, 9.17) is 10.5 Å². The van der Waals surface area contributed by atoms with Crippen LogP contribution in [0.25, 0.3) is 0 Å². The molecule has 130 valence electrons. The maximum Gasteiger partial charge on any atom is 0.119 e. The minimum Gasteiger partial charge on any atom is -0.494 e. The van der Waals surface area contributed by atoms with Crippen LogP contribution in [0.4, 0.5) is 0 Å². The summed E-state index contributed by atoms with van der Waals surface area (Å²) in [7, 11) is 0. The normalized spacial score (nSPS) is 12.9. The van der Waals surface area contributed by atoms with Gasteiger partial charge in [0.15, 0.2) is 0 Å². The van der Waals surface area contributed by atoms with E-state index in [1.807, 2.05) is 0 Å². The monoisotopic (exact) mass is 325 g/mol. The van der Waals surface area contributed by atoms with Gasteiger partial charge in [-0.1, -0.05) is 64.1 Å². The highest BCUT2D eigenvalue weighted by Crippen LogP contribution is 2.26. The van der Waals surface area contributed by atoms with Crippen molar-refractivity contribution in [3.05, 3.63) is 65.2 Å². The average molecular weight is 325 g/mol. The molecule has 0 saturated heterocycles. The van der Waals surface area contributed by atoms with Crippen molar-refractivity contribution < 1.29 is 4.74 Å². The highest BCUT2D eigenvalue weighted by molar-refractivity contribution is 5.32. The second-order valence-corrected chi connectivity index (χ2v) is 7.50. The molecule has 0 amide bonds. The molecule has 2 heteroatoms. The van der Waals surface area contributed by atoms with Crippen LogP contribution >= 0.6 is 0 Å². The molecule has 2 nitrogen and oxygen atoms in total. The molecule has 0 aliphatic rings. The summed E-state index contributed by atoms with van der Waals surface area (Å²) in [6, 6.07) is 17.4. The quantitative estimate of drug-likeness (QED) is 0.772. The molecule has 2 N–H and O–H groups in total. The second kappa shape index (κ2) is 8.34. The number of hydrogen-bond donors (Lipinski definition) is 1. The lowest BCUT2D eigenvalue weighted by atomic mass is 9.84. The Kier molecular flexibility index (Phi) is 6.44. The Bertz CT molecular complexity index is 608. The molecular formula is C22H31NO. The zero-order valence-electron chi connectivity index (χ0n) is 15.5. The lowest BCUT2D eigenvalue weighted by Gasteiger charge is -2.21. The Morgan fingerprint density at radius 1 is 0.958 bits per heavy atom. The molecule has 0 spiro atoms. The largest absolute Gasteiger partial charge is 0.494 e. The van der Waals surface area contributed by atoms with Gasteiger partial charge in [0.1, 0.15) is 5.75 Å². The first kappa shape index (κ1) is 18.5. The van der Waals surface area contributed by atoms with Crippen molar-refractivity contribution in [2.75, 3.05) is 13.2 Å². The van der Waals surface area contributed by atoms with Gasteiger partial charge in [-0.15, -0.1) is 0 Å². The number of nitrogens with two attached hydrogens (primary N) is 1. The van der Waals surface area contributed by atoms with Gasteiger partial charge in [-0.3, -0.25) is 0 Å². The molecule has 0 aromatic heterocycles. The molecule has 2 aromatic rings. The van der Waals surface area contributed by atoms with Crippen molar-refractivity contribution in [3.8, 4) is 5.75 Å². The van der Waals surface area contributed by atoms with E-state index in [2.05, 4.69) is 76.2 Å². The van der Waals surface area contributed by atoms with Crippen LogP contribution in [-0.4, -0.2) is 13.2 Å². The molecule has 0 bridgehead atoms. The summed E-state index contributed by atoms with van der Waals surface area (Å²) in [4.78, 5) is 0. The maximum absolute atomic E-state index is 6.05. The van der Waals surface area contributed by atoms with Crippen LogP contribution in [0.2, 0.25) is 0 Å². The fourth-order valence-corrected chi connectivity index (χ4v) is 2.82. The molecule has 1 atom stereocenters. The highest BCUT2D eigenvalue weighted by Gasteiger charge is 2.15. The molecule has 0 radical (unpaired) electrons. The molecule has 0 aliphatic carbocycles. The predicted molar refractivity (Wildman–Crippen MR) is 103 cm³/mol. The van der Waals surface area contributed by atoms with E-state index in [0.717, 1.165) is 25.2 Å². The Morgan fingerprint density at radius 2 is 1.58 bits per heavy atom. The van der Waals surface area contributed by atoms with Gasteiger partial charge < -0.3 is 10.5 Å². The maximum atomic E-state index is 6.05. The summed E-state index contributed by atoms with van der Waals surface area (Å²) in [5.74, 6) is 1.29. The first-order valence-corrected chi connectivity index (χ1v) is 8.96. The minimum atomic E-state index is 0.186. The second-order valence-electron chi connectivity index (χ2n) is 7.50. The summed E-state index contributed by atoms with van der Waals surface area (Å²) in [5, 5.41) is 0. The topological polar surface area (TPSA) is 35.2 Å². The van der Waals surface area contributed by atoms with Gasteiger partial charge in [0.25, 0.3) is 0 Å². The van der Waals surface area contributed by atoms with Crippen LogP contribution in [0, 0.1) is 0 Å². The van der Waals surface area contributed by atoms with E-state index in [1.165, 1.54) is 16.7 Å². The predicted octanol–water partition coefficient (Wildman–Crippen LogP) is 5.06. The van der Waals surface area contributed by atoms with Crippen LogP contribution in [0.5, 0.6) is 5.75 Å². The molecule has 2 rings (SSSR count). The fraction of sp³-hybridized carbons (Fsp3) is 0.455. The van der Waals surface area contributed by atoms with Gasteiger partial charge in [0.2, 0.25) is 0 Å². The molecule has 0 heterocycles. The Balaban J connectivity index is 2.06. The van der Waals surface area contributed by atoms with Crippen molar-refractivity contribution in [1.29, 1.82) is 0 Å². The summed E-state index contributed by atoms with van der Waals surface area (Å²) in [5.41, 5.74) is 10.2. The van der Waals surface area contributed by atoms with Gasteiger partial charge in [-0.25, -0.2) is 0 Å². The van der Waals surface area contributed by atoms with Crippen molar-refractivity contribution >= 4 is 0 Å². The fourth-order valence-electron chi connectivity index (χ4n) is 2.82. The molecular weight excluding hydrogens is 294 g/mol. The highest BCUT2D eigenvalue weighted by atomic mass is 16.5. The number of rotatable bonds is 7. The van der Waals surface area contributed by atoms with Crippen molar-refractivity contribution in [2.45, 2.75) is 51.9 Å². The molecule has 1 unspecified atom stereocenters. The molecule has 0 saturated carbocycles. The molecule has 24 heavy (non-hydrogen) atoms. The molecule has 2 aromatic carbocycles. The van der Waals surface area contributed by atoms with E-state index >= 15 is 0 Å². The van der Waals surface area contributed by atoms with Gasteiger partial charge in [-0.05, 0) is 53.6 Å². The zero-order valence-corrected chi connectivity index (χ0v) is 15.5. The van der Waals surface area contributed by atoms with Gasteiger partial charge >= 0.3 is 0 Å². The van der Waals surface area contributed by atoms with E-state index in [0.29, 0.717) is 12.5 Å². The van der Waals surface area contributed by atoms with Gasteiger partial charge in [0.05, 0.1) is 6.61 Å². The summed E-state index contributed by atoms with van der Waals surface area (Å²) < 4.78 is 5.65. The Labute approximate surface area is 147 Å². The van der Waals surface area contributed by atoms with Crippen LogP contribution in [0.3, 0.4) is 0 Å². The standard InChI is InChI=1S/C22H31NO/c1-5-14-24-21-12-6-17(7-13-21)15-19(16-23)18-8-10-20(11-9-18)22(2,3)4/h6-13,19H,5,14-16,23H2,1-4H3. The third-order valence-electron chi connectivity index (χ3n) is 4.41. The lowest BCUT2D eigenvalue weighted by molar-refractivity contribution is 0.317. The van der Waals surface area contributed by atoms with Gasteiger partial charge in [0, 0.05) is 5.92 Å². The Morgan fingerprint density at radius 3 is 2.08 bits per heavy atom. The van der Waals surface area contributed by atoms with E-state index in [-0.39, 0.29) is 5.41 Å². The van der Waals surface area contributed by atoms with Crippen molar-refractivity contribution in [3.63, 3.8) is 0 Å². The zero-order chi connectivity index (χ0) is 17.6. The summed E-state index contributed by atoms with van der Waals surface area (Å²) >= 11 is 0. The molecule has 0 fully saturated rings. The lowest BCUT2D eigenvalue weighted by Crippen LogP contribution is -2.16. The van der Waals surface area contributed by atoms with Gasteiger partial charge in [-0.2, -0.15) is 0 Å². The van der Waals surface area contributed by atoms with Crippen LogP contribution in [0.1, 0.15) is 56.7 Å². The Hall–Kier alpha value is -1.80. The SMILES string of the molecule is CCCOc1ccc(CC(CN)c2ccc(C(C)(C)C)cc2)cc1. The first-order valence-electron chi connectivity index (χ1n) is 8.96. The van der Waals surface area contributed by atoms with Crippen LogP contribution in [0.15, 0.2) is 48.5 Å². The van der Waals surface area contributed by atoms with E-state index in [1.54, 1.807) is 0 Å². The average Bonchev–Trinajstić information content (AvgIpc) is 2.58. The third-order valence-corrected chi connectivity index (χ3v) is 4.41. The third kappa shape index (κ3) is 5.10. The summed E-state index contributed by atoms with van der Waals surface area (Å²) in [6.45, 7) is 10.3. The van der Waals surface area contributed by atoms with Crippen molar-refractivity contribution in [2.24, 2.45) is 5.73 Å². The number of benzene rings is 2. The minimum absolute atomic E-state index is 0.186. The smallest absolute Gasteiger partial charge is 0.119 e. The van der Waals surface area contributed by atoms with Crippen molar-refractivity contribution in [1.82, 2.24) is 0 Å². The van der Waals surface area contributed by atoms with Crippen LogP contribution in [-0.2, 0) is 11.8 Å². The summed E-state index contributed by atoms with van der Waals surface area (Å²) in [6.07, 6.45) is 1.99. The number of ether oxygens (including phenoxy) is 1. The van der Waals surface area contributed by atoms with E-state index < -0.39 is 0 Å². The van der Waals surface area contributed by atoms with Crippen LogP contribution < -0.4 is 10.5 Å².